The van der Waals surface area contributed by atoms with E-state index in [1.165, 1.54) is 75.5 Å². The summed E-state index contributed by atoms with van der Waals surface area (Å²) in [5.41, 5.74) is 9.81. The maximum absolute atomic E-state index is 3.52. The lowest BCUT2D eigenvalue weighted by Crippen LogP contribution is -2.16. The second kappa shape index (κ2) is 10.1. The van der Waals surface area contributed by atoms with Gasteiger partial charge in [0.05, 0.1) is 17.1 Å². The molecular formula is C41H28N2S. The molecule has 0 bridgehead atoms. The first-order valence-corrected chi connectivity index (χ1v) is 15.9. The largest absolute Gasteiger partial charge is 0.381 e. The van der Waals surface area contributed by atoms with E-state index in [0.717, 1.165) is 0 Å². The molecule has 1 aliphatic rings. The van der Waals surface area contributed by atoms with Gasteiger partial charge in [-0.1, -0.05) is 109 Å². The highest BCUT2D eigenvalue weighted by Gasteiger charge is 2.18. The predicted octanol–water partition coefficient (Wildman–Crippen LogP) is 11.1. The highest BCUT2D eigenvalue weighted by atomic mass is 32.1. The molecule has 0 saturated heterocycles. The molecule has 0 aliphatic carbocycles. The van der Waals surface area contributed by atoms with Crippen LogP contribution in [0.4, 0.5) is 0 Å². The van der Waals surface area contributed by atoms with Crippen molar-refractivity contribution in [3.8, 4) is 16.8 Å². The molecule has 0 radical (unpaired) electrons. The number of nitrogens with one attached hydrogen (secondary N) is 1. The second-order valence-corrected chi connectivity index (χ2v) is 12.5. The van der Waals surface area contributed by atoms with Gasteiger partial charge >= 0.3 is 0 Å². The number of hydrogen-bond acceptors (Lipinski definition) is 2. The number of allylic oxidation sites excluding steroid dienone is 2. The van der Waals surface area contributed by atoms with Crippen molar-refractivity contribution in [3.63, 3.8) is 0 Å². The van der Waals surface area contributed by atoms with Crippen molar-refractivity contribution >= 4 is 58.9 Å². The molecule has 44 heavy (non-hydrogen) atoms. The molecule has 3 heterocycles. The Balaban J connectivity index is 1.17. The molecule has 9 rings (SSSR count). The number of nitrogens with zero attached hydrogens (tertiary/aromatic N) is 1. The van der Waals surface area contributed by atoms with Crippen LogP contribution in [-0.4, -0.2) is 4.57 Å². The molecule has 1 atom stereocenters. The summed E-state index contributed by atoms with van der Waals surface area (Å²) < 4.78 is 5.12. The van der Waals surface area contributed by atoms with Gasteiger partial charge < -0.3 is 9.88 Å². The number of rotatable bonds is 4. The van der Waals surface area contributed by atoms with Crippen LogP contribution in [0.15, 0.2) is 158 Å². The smallest absolute Gasteiger partial charge is 0.0701 e. The van der Waals surface area contributed by atoms with Crippen LogP contribution in [-0.2, 0) is 0 Å². The number of fused-ring (bicyclic) bond motifs is 7. The monoisotopic (exact) mass is 580 g/mol. The molecule has 0 saturated carbocycles. The average Bonchev–Trinajstić information content (AvgIpc) is 3.64. The van der Waals surface area contributed by atoms with Gasteiger partial charge in [-0.15, -0.1) is 11.3 Å². The second-order valence-electron chi connectivity index (χ2n) is 11.4. The molecule has 2 nitrogen and oxygen atoms in total. The minimum Gasteiger partial charge on any atom is -0.381 e. The lowest BCUT2D eigenvalue weighted by Gasteiger charge is -2.20. The van der Waals surface area contributed by atoms with E-state index >= 15 is 0 Å². The molecule has 1 unspecified atom stereocenters. The van der Waals surface area contributed by atoms with Crippen LogP contribution < -0.4 is 5.32 Å². The zero-order valence-electron chi connectivity index (χ0n) is 23.9. The Labute approximate surface area is 259 Å². The molecule has 8 aromatic rings. The number of dihydropyridines is 1. The molecule has 0 spiro atoms. The average molecular weight is 581 g/mol. The minimum absolute atomic E-state index is 0.135. The molecule has 1 N–H and O–H groups in total. The van der Waals surface area contributed by atoms with Gasteiger partial charge in [0.15, 0.2) is 0 Å². The van der Waals surface area contributed by atoms with Crippen LogP contribution in [0, 0.1) is 0 Å². The van der Waals surface area contributed by atoms with E-state index in [0.29, 0.717) is 0 Å². The Morgan fingerprint density at radius 1 is 0.568 bits per heavy atom. The maximum atomic E-state index is 3.52. The molecule has 0 amide bonds. The van der Waals surface area contributed by atoms with Gasteiger partial charge in [-0.25, -0.2) is 0 Å². The van der Waals surface area contributed by atoms with Crippen molar-refractivity contribution in [1.82, 2.24) is 9.88 Å². The zero-order valence-corrected chi connectivity index (χ0v) is 24.8. The van der Waals surface area contributed by atoms with Crippen LogP contribution in [0.5, 0.6) is 0 Å². The topological polar surface area (TPSA) is 17.0 Å². The summed E-state index contributed by atoms with van der Waals surface area (Å²) in [4.78, 5) is 0. The van der Waals surface area contributed by atoms with Crippen LogP contribution in [0.25, 0.3) is 64.4 Å². The predicted molar refractivity (Wildman–Crippen MR) is 189 cm³/mol. The third kappa shape index (κ3) is 4.01. The van der Waals surface area contributed by atoms with Gasteiger partial charge in [-0.05, 0) is 76.5 Å². The van der Waals surface area contributed by atoms with Crippen molar-refractivity contribution in [2.45, 2.75) is 6.04 Å². The van der Waals surface area contributed by atoms with Crippen molar-refractivity contribution in [1.29, 1.82) is 0 Å². The van der Waals surface area contributed by atoms with Crippen molar-refractivity contribution in [2.75, 3.05) is 0 Å². The maximum Gasteiger partial charge on any atom is 0.0701 e. The van der Waals surface area contributed by atoms with Crippen molar-refractivity contribution in [3.05, 3.63) is 169 Å². The highest BCUT2D eigenvalue weighted by molar-refractivity contribution is 7.26. The minimum atomic E-state index is 0.135. The van der Waals surface area contributed by atoms with Gasteiger partial charge in [-0.2, -0.15) is 0 Å². The fourth-order valence-electron chi connectivity index (χ4n) is 6.74. The third-order valence-electron chi connectivity index (χ3n) is 8.88. The Hall–Kier alpha value is -5.38. The fraction of sp³-hybridized carbons (Fsp3) is 0.0244. The summed E-state index contributed by atoms with van der Waals surface area (Å²) in [5.74, 6) is 0. The Bertz CT molecular complexity index is 2390. The first-order chi connectivity index (χ1) is 21.8. The zero-order chi connectivity index (χ0) is 29.0. The van der Waals surface area contributed by atoms with Crippen molar-refractivity contribution in [2.24, 2.45) is 0 Å². The number of thiophene rings is 1. The van der Waals surface area contributed by atoms with E-state index in [-0.39, 0.29) is 6.04 Å². The molecule has 3 heteroatoms. The summed E-state index contributed by atoms with van der Waals surface area (Å²) in [6, 6.07) is 50.8. The lowest BCUT2D eigenvalue weighted by atomic mass is 9.95. The summed E-state index contributed by atoms with van der Waals surface area (Å²) in [7, 11) is 0. The van der Waals surface area contributed by atoms with E-state index in [1.807, 2.05) is 11.3 Å². The number of hydrogen-bond donors (Lipinski definition) is 1. The number of para-hydroxylation sites is 1. The molecular weight excluding hydrogens is 553 g/mol. The van der Waals surface area contributed by atoms with Crippen LogP contribution in [0.1, 0.15) is 17.2 Å². The Morgan fingerprint density at radius 3 is 2.14 bits per heavy atom. The van der Waals surface area contributed by atoms with Gasteiger partial charge in [0.2, 0.25) is 0 Å². The van der Waals surface area contributed by atoms with Crippen LogP contribution >= 0.6 is 11.3 Å². The number of aromatic nitrogens is 1. The van der Waals surface area contributed by atoms with Gasteiger partial charge in [0, 0.05) is 36.6 Å². The third-order valence-corrected chi connectivity index (χ3v) is 10.1. The van der Waals surface area contributed by atoms with E-state index in [2.05, 4.69) is 168 Å². The lowest BCUT2D eigenvalue weighted by molar-refractivity contribution is 0.749. The van der Waals surface area contributed by atoms with Crippen molar-refractivity contribution < 1.29 is 0 Å². The molecule has 1 aliphatic heterocycles. The Morgan fingerprint density at radius 2 is 1.30 bits per heavy atom. The van der Waals surface area contributed by atoms with Gasteiger partial charge in [0.1, 0.15) is 0 Å². The molecule has 208 valence electrons. The first-order valence-electron chi connectivity index (χ1n) is 15.1. The summed E-state index contributed by atoms with van der Waals surface area (Å²) in [6.07, 6.45) is 6.52. The Kier molecular flexibility index (Phi) is 5.78. The fourth-order valence-corrected chi connectivity index (χ4v) is 8.00. The molecule has 0 fully saturated rings. The molecule has 2 aromatic heterocycles. The summed E-state index contributed by atoms with van der Waals surface area (Å²) >= 11 is 1.90. The van der Waals surface area contributed by atoms with E-state index in [1.54, 1.807) is 0 Å². The van der Waals surface area contributed by atoms with Gasteiger partial charge in [0.25, 0.3) is 0 Å². The standard InChI is InChI=1S/C41H28N2S/c1-3-9-27(10-4-1)31-23-24-42-36(25-31)29-17-15-28(16-18-29)30-19-20-35-38(26-30)43(32-11-5-2-6-12-32)37-22-21-34-33-13-7-8-14-39(33)44-41(34)40(35)37/h1-26,36,42H. The summed E-state index contributed by atoms with van der Waals surface area (Å²) in [6.45, 7) is 0. The SMILES string of the molecule is C1=CC(c2ccccc2)=CC(c2ccc(-c3ccc4c5c6sc7ccccc7c6ccc5n(-c5ccccc5)c4c3)cc2)N1. The normalized spacial score (nSPS) is 14.8. The quantitative estimate of drug-likeness (QED) is 0.219. The van der Waals surface area contributed by atoms with E-state index in [4.69, 9.17) is 0 Å². The van der Waals surface area contributed by atoms with Crippen LogP contribution in [0.3, 0.4) is 0 Å². The van der Waals surface area contributed by atoms with Crippen LogP contribution in [0.2, 0.25) is 0 Å². The van der Waals surface area contributed by atoms with E-state index < -0.39 is 0 Å². The molecule has 6 aromatic carbocycles. The van der Waals surface area contributed by atoms with E-state index in [9.17, 15) is 0 Å². The first kappa shape index (κ1) is 25.1. The summed E-state index contributed by atoms with van der Waals surface area (Å²) in [5, 5.41) is 8.82. The highest BCUT2D eigenvalue weighted by Crippen LogP contribution is 2.44. The van der Waals surface area contributed by atoms with Gasteiger partial charge in [-0.3, -0.25) is 0 Å². The number of benzene rings is 6.